The first-order valence-corrected chi connectivity index (χ1v) is 7.57. The number of aromatic nitrogens is 1. The molecule has 0 atom stereocenters. The number of rotatable bonds is 3. The molecule has 23 heavy (non-hydrogen) atoms. The third kappa shape index (κ3) is 3.12. The van der Waals surface area contributed by atoms with Crippen molar-refractivity contribution in [3.63, 3.8) is 0 Å². The molecule has 0 saturated heterocycles. The first kappa shape index (κ1) is 15.3. The van der Waals surface area contributed by atoms with Gasteiger partial charge in [-0.15, -0.1) is 0 Å². The zero-order valence-electron chi connectivity index (χ0n) is 12.5. The summed E-state index contributed by atoms with van der Waals surface area (Å²) in [6.45, 7) is 1.97. The molecule has 1 amide bonds. The molecular weight excluding hydrogens is 312 g/mol. The van der Waals surface area contributed by atoms with Crippen molar-refractivity contribution in [1.29, 1.82) is 0 Å². The third-order valence-corrected chi connectivity index (χ3v) is 4.15. The van der Waals surface area contributed by atoms with Gasteiger partial charge in [0, 0.05) is 28.4 Å². The summed E-state index contributed by atoms with van der Waals surface area (Å²) in [5.41, 5.74) is 2.20. The monoisotopic (exact) mass is 326 g/mol. The molecular formula is C18H15ClN2O2. The molecule has 0 aliphatic heterocycles. The number of hydrogen-bond acceptors (Lipinski definition) is 2. The van der Waals surface area contributed by atoms with Gasteiger partial charge in [0.1, 0.15) is 6.54 Å². The van der Waals surface area contributed by atoms with Crippen LogP contribution in [0.4, 0.5) is 5.69 Å². The Morgan fingerprint density at radius 1 is 1.13 bits per heavy atom. The summed E-state index contributed by atoms with van der Waals surface area (Å²) in [5, 5.41) is 4.06. The maximum atomic E-state index is 12.3. The number of benzene rings is 2. The van der Waals surface area contributed by atoms with Crippen LogP contribution in [0, 0.1) is 6.92 Å². The number of nitrogens with zero attached hydrogens (tertiary/aromatic N) is 1. The van der Waals surface area contributed by atoms with Crippen molar-refractivity contribution in [2.24, 2.45) is 0 Å². The minimum absolute atomic E-state index is 0.0528. The summed E-state index contributed by atoms with van der Waals surface area (Å²) < 4.78 is 1.76. The average Bonchev–Trinajstić information content (AvgIpc) is 2.55. The highest BCUT2D eigenvalue weighted by atomic mass is 35.5. The van der Waals surface area contributed by atoms with Gasteiger partial charge >= 0.3 is 0 Å². The highest BCUT2D eigenvalue weighted by Crippen LogP contribution is 2.23. The van der Waals surface area contributed by atoms with Crippen molar-refractivity contribution >= 4 is 34.1 Å². The van der Waals surface area contributed by atoms with Crippen molar-refractivity contribution in [2.45, 2.75) is 13.5 Å². The molecule has 0 spiro atoms. The Bertz CT molecular complexity index is 947. The maximum Gasteiger partial charge on any atom is 0.244 e. The van der Waals surface area contributed by atoms with Crippen LogP contribution in [0.1, 0.15) is 5.56 Å². The number of pyridine rings is 1. The maximum absolute atomic E-state index is 12.3. The van der Waals surface area contributed by atoms with Crippen LogP contribution in [0.3, 0.4) is 0 Å². The van der Waals surface area contributed by atoms with Crippen LogP contribution in [-0.2, 0) is 11.3 Å². The largest absolute Gasteiger partial charge is 0.338 e. The van der Waals surface area contributed by atoms with E-state index in [1.54, 1.807) is 29.0 Å². The van der Waals surface area contributed by atoms with Crippen molar-refractivity contribution in [1.82, 2.24) is 4.57 Å². The van der Waals surface area contributed by atoms with Gasteiger partial charge in [0.2, 0.25) is 5.91 Å². The molecule has 2 aromatic carbocycles. The number of fused-ring (bicyclic) bond motifs is 1. The highest BCUT2D eigenvalue weighted by Gasteiger charge is 2.09. The van der Waals surface area contributed by atoms with Crippen LogP contribution in [0.15, 0.2) is 59.5 Å². The van der Waals surface area contributed by atoms with Gasteiger partial charge in [0.15, 0.2) is 5.43 Å². The van der Waals surface area contributed by atoms with E-state index < -0.39 is 0 Å². The number of nitrogens with one attached hydrogen (secondary N) is 1. The van der Waals surface area contributed by atoms with E-state index in [0.717, 1.165) is 11.1 Å². The Morgan fingerprint density at radius 2 is 1.91 bits per heavy atom. The first-order chi connectivity index (χ1) is 11.1. The zero-order valence-corrected chi connectivity index (χ0v) is 13.3. The van der Waals surface area contributed by atoms with Crippen LogP contribution < -0.4 is 10.7 Å². The minimum Gasteiger partial charge on any atom is -0.338 e. The predicted molar refractivity (Wildman–Crippen MR) is 93.0 cm³/mol. The fourth-order valence-corrected chi connectivity index (χ4v) is 2.66. The smallest absolute Gasteiger partial charge is 0.244 e. The second kappa shape index (κ2) is 6.26. The Balaban J connectivity index is 1.88. The molecule has 4 nitrogen and oxygen atoms in total. The summed E-state index contributed by atoms with van der Waals surface area (Å²) in [7, 11) is 0. The van der Waals surface area contributed by atoms with Gasteiger partial charge in [-0.1, -0.05) is 29.8 Å². The van der Waals surface area contributed by atoms with E-state index in [0.29, 0.717) is 16.1 Å². The number of carbonyl (C=O) groups excluding carboxylic acids is 1. The van der Waals surface area contributed by atoms with Crippen LogP contribution >= 0.6 is 11.6 Å². The van der Waals surface area contributed by atoms with Crippen LogP contribution in [0.25, 0.3) is 10.9 Å². The lowest BCUT2D eigenvalue weighted by atomic mass is 10.2. The number of halogens is 1. The average molecular weight is 327 g/mol. The van der Waals surface area contributed by atoms with Gasteiger partial charge in [0.25, 0.3) is 0 Å². The van der Waals surface area contributed by atoms with Gasteiger partial charge in [-0.3, -0.25) is 9.59 Å². The van der Waals surface area contributed by atoms with Crippen molar-refractivity contribution in [3.8, 4) is 0 Å². The second-order valence-electron chi connectivity index (χ2n) is 5.29. The molecule has 5 heteroatoms. The molecule has 3 aromatic rings. The lowest BCUT2D eigenvalue weighted by Crippen LogP contribution is -2.20. The molecule has 0 bridgehead atoms. The van der Waals surface area contributed by atoms with E-state index in [1.165, 1.54) is 6.07 Å². The molecule has 0 unspecified atom stereocenters. The molecule has 0 fully saturated rings. The Labute approximate surface area is 138 Å². The molecule has 0 aliphatic carbocycles. The third-order valence-electron chi connectivity index (χ3n) is 3.74. The summed E-state index contributed by atoms with van der Waals surface area (Å²) in [4.78, 5) is 24.2. The molecule has 0 aliphatic rings. The quantitative estimate of drug-likeness (QED) is 0.799. The van der Waals surface area contributed by atoms with Crippen LogP contribution in [0.5, 0.6) is 0 Å². The predicted octanol–water partition coefficient (Wildman–Crippen LogP) is 3.60. The minimum atomic E-state index is -0.177. The number of anilines is 1. The molecule has 0 radical (unpaired) electrons. The van der Waals surface area contributed by atoms with Gasteiger partial charge < -0.3 is 9.88 Å². The van der Waals surface area contributed by atoms with Crippen LogP contribution in [0.2, 0.25) is 5.02 Å². The van der Waals surface area contributed by atoms with Gasteiger partial charge in [0.05, 0.1) is 5.52 Å². The number of para-hydroxylation sites is 1. The van der Waals surface area contributed by atoms with Crippen LogP contribution in [-0.4, -0.2) is 10.5 Å². The lowest BCUT2D eigenvalue weighted by molar-refractivity contribution is -0.116. The Kier molecular flexibility index (Phi) is 4.17. The Hall–Kier alpha value is -2.59. The van der Waals surface area contributed by atoms with Crippen molar-refractivity contribution in [3.05, 3.63) is 75.5 Å². The van der Waals surface area contributed by atoms with E-state index in [4.69, 9.17) is 11.6 Å². The van der Waals surface area contributed by atoms with E-state index in [2.05, 4.69) is 5.32 Å². The van der Waals surface area contributed by atoms with E-state index in [-0.39, 0.29) is 17.9 Å². The lowest BCUT2D eigenvalue weighted by Gasteiger charge is -2.12. The summed E-state index contributed by atoms with van der Waals surface area (Å²) >= 11 is 6.06. The summed E-state index contributed by atoms with van der Waals surface area (Å²) in [6, 6.07) is 14.1. The summed E-state index contributed by atoms with van der Waals surface area (Å²) in [5.74, 6) is -0.177. The first-order valence-electron chi connectivity index (χ1n) is 7.19. The standard InChI is InChI=1S/C18H15ClN2O2/c1-12-14(19)6-4-7-15(12)20-18(23)11-21-10-9-17(22)13-5-2-3-8-16(13)21/h2-10H,11H2,1H3,(H,20,23). The zero-order chi connectivity index (χ0) is 16.4. The molecule has 1 N–H and O–H groups in total. The van der Waals surface area contributed by atoms with Gasteiger partial charge in [-0.2, -0.15) is 0 Å². The molecule has 1 heterocycles. The molecule has 116 valence electrons. The fraction of sp³-hybridized carbons (Fsp3) is 0.111. The van der Waals surface area contributed by atoms with Gasteiger partial charge in [-0.25, -0.2) is 0 Å². The van der Waals surface area contributed by atoms with Crippen molar-refractivity contribution in [2.75, 3.05) is 5.32 Å². The molecule has 3 rings (SSSR count). The SMILES string of the molecule is Cc1c(Cl)cccc1NC(=O)Cn1ccc(=O)c2ccccc21. The number of amides is 1. The second-order valence-corrected chi connectivity index (χ2v) is 5.69. The van der Waals surface area contributed by atoms with E-state index >= 15 is 0 Å². The molecule has 0 saturated carbocycles. The normalized spacial score (nSPS) is 10.7. The highest BCUT2D eigenvalue weighted by molar-refractivity contribution is 6.31. The Morgan fingerprint density at radius 3 is 2.74 bits per heavy atom. The van der Waals surface area contributed by atoms with Crippen molar-refractivity contribution < 1.29 is 4.79 Å². The number of hydrogen-bond donors (Lipinski definition) is 1. The van der Waals surface area contributed by atoms with E-state index in [9.17, 15) is 9.59 Å². The topological polar surface area (TPSA) is 51.1 Å². The number of carbonyl (C=O) groups is 1. The molecule has 1 aromatic heterocycles. The summed E-state index contributed by atoms with van der Waals surface area (Å²) in [6.07, 6.45) is 1.63. The van der Waals surface area contributed by atoms with Gasteiger partial charge in [-0.05, 0) is 36.8 Å². The van der Waals surface area contributed by atoms with E-state index in [1.807, 2.05) is 31.2 Å². The fourth-order valence-electron chi connectivity index (χ4n) is 2.49.